The molecule has 0 aliphatic carbocycles. The van der Waals surface area contributed by atoms with Crippen molar-refractivity contribution in [2.24, 2.45) is 5.73 Å². The highest BCUT2D eigenvalue weighted by Crippen LogP contribution is 2.30. The summed E-state index contributed by atoms with van der Waals surface area (Å²) in [5.41, 5.74) is 7.51. The van der Waals surface area contributed by atoms with E-state index >= 15 is 0 Å². The molecule has 0 aliphatic heterocycles. The number of benzene rings is 3. The molecular weight excluding hydrogens is 559 g/mol. The summed E-state index contributed by atoms with van der Waals surface area (Å²) in [4.78, 5) is 25.3. The predicted octanol–water partition coefficient (Wildman–Crippen LogP) is 4.80. The van der Waals surface area contributed by atoms with Crippen LogP contribution in [0.2, 0.25) is 0 Å². The minimum atomic E-state index is -0.106. The molecule has 0 aliphatic rings. The third kappa shape index (κ3) is 9.49. The van der Waals surface area contributed by atoms with Crippen molar-refractivity contribution in [1.29, 1.82) is 0 Å². The average Bonchev–Trinajstić information content (AvgIpc) is 2.90. The number of hydrogen-bond donors (Lipinski definition) is 4. The van der Waals surface area contributed by atoms with E-state index in [2.05, 4.69) is 16.0 Å². The number of carbonyl (C=O) groups excluding carboxylic acids is 1. The fraction of sp³-hybridized carbons (Fsp3) is 0.310. The van der Waals surface area contributed by atoms with Crippen molar-refractivity contribution in [2.45, 2.75) is 25.8 Å². The maximum absolute atomic E-state index is 12.9. The molecule has 39 heavy (non-hydrogen) atoms. The number of para-hydroxylation sites is 1. The van der Waals surface area contributed by atoms with E-state index in [4.69, 9.17) is 10.2 Å². The summed E-state index contributed by atoms with van der Waals surface area (Å²) >= 11 is 0. The second-order valence-electron chi connectivity index (χ2n) is 8.85. The van der Waals surface area contributed by atoms with Crippen LogP contribution in [0.15, 0.2) is 75.9 Å². The molecular formula is C29H37Cl3N4O3. The Morgan fingerprint density at radius 1 is 0.795 bits per heavy atom. The lowest BCUT2D eigenvalue weighted by Crippen LogP contribution is -2.34. The Balaban J connectivity index is 0.00000253. The Labute approximate surface area is 247 Å². The van der Waals surface area contributed by atoms with Gasteiger partial charge in [0.15, 0.2) is 5.43 Å². The number of hydrogen-bond acceptors (Lipinski definition) is 6. The zero-order valence-corrected chi connectivity index (χ0v) is 24.2. The van der Waals surface area contributed by atoms with E-state index in [1.165, 1.54) is 0 Å². The van der Waals surface area contributed by atoms with E-state index < -0.39 is 0 Å². The lowest BCUT2D eigenvalue weighted by atomic mass is 10.0. The van der Waals surface area contributed by atoms with Gasteiger partial charge >= 0.3 is 0 Å². The third-order valence-electron chi connectivity index (χ3n) is 6.17. The number of halogens is 3. The molecule has 0 radical (unpaired) electrons. The van der Waals surface area contributed by atoms with Gasteiger partial charge in [-0.1, -0.05) is 54.6 Å². The second kappa shape index (κ2) is 17.8. The zero-order chi connectivity index (χ0) is 25.2. The average molecular weight is 596 g/mol. The molecule has 5 N–H and O–H groups in total. The molecule has 1 aromatic heterocycles. The van der Waals surface area contributed by atoms with Crippen LogP contribution in [0, 0.1) is 0 Å². The molecule has 0 atom stereocenters. The first kappa shape index (κ1) is 34.4. The molecule has 1 amide bonds. The van der Waals surface area contributed by atoms with Gasteiger partial charge in [0.2, 0.25) is 5.91 Å². The summed E-state index contributed by atoms with van der Waals surface area (Å²) in [5, 5.41) is 12.1. The zero-order valence-electron chi connectivity index (χ0n) is 21.7. The number of nitrogens with one attached hydrogen (secondary N) is 3. The van der Waals surface area contributed by atoms with Crippen LogP contribution in [-0.4, -0.2) is 38.6 Å². The van der Waals surface area contributed by atoms with Crippen LogP contribution in [0.4, 0.5) is 0 Å². The molecule has 0 saturated heterocycles. The van der Waals surface area contributed by atoms with Crippen LogP contribution in [0.3, 0.4) is 0 Å². The number of amides is 1. The first-order valence-electron chi connectivity index (χ1n) is 12.6. The van der Waals surface area contributed by atoms with Crippen LogP contribution in [0.25, 0.3) is 33.1 Å². The Hall–Kier alpha value is -2.65. The number of fused-ring (bicyclic) bond motifs is 2. The first-order valence-corrected chi connectivity index (χ1v) is 12.6. The second-order valence-corrected chi connectivity index (χ2v) is 8.85. The van der Waals surface area contributed by atoms with Gasteiger partial charge in [-0.3, -0.25) is 9.59 Å². The molecule has 0 fully saturated rings. The molecule has 4 rings (SSSR count). The smallest absolute Gasteiger partial charge is 0.234 e. The first-order chi connectivity index (χ1) is 17.7. The van der Waals surface area contributed by atoms with Crippen molar-refractivity contribution >= 4 is 64.9 Å². The van der Waals surface area contributed by atoms with Crippen LogP contribution < -0.4 is 27.1 Å². The van der Waals surface area contributed by atoms with Crippen molar-refractivity contribution < 1.29 is 9.21 Å². The Morgan fingerprint density at radius 3 is 2.31 bits per heavy atom. The van der Waals surface area contributed by atoms with Crippen molar-refractivity contribution in [2.75, 3.05) is 32.7 Å². The van der Waals surface area contributed by atoms with Crippen molar-refractivity contribution in [3.05, 3.63) is 82.5 Å². The number of unbranched alkanes of at least 4 members (excludes halogenated alkanes) is 1. The number of carbonyl (C=O) groups is 1. The molecule has 3 aromatic carbocycles. The van der Waals surface area contributed by atoms with E-state index in [1.54, 1.807) is 12.1 Å². The molecule has 1 heterocycles. The maximum Gasteiger partial charge on any atom is 0.234 e. The van der Waals surface area contributed by atoms with Gasteiger partial charge in [-0.2, -0.15) is 0 Å². The van der Waals surface area contributed by atoms with Gasteiger partial charge in [-0.25, -0.2) is 0 Å². The summed E-state index contributed by atoms with van der Waals surface area (Å²) in [6.07, 6.45) is 3.07. The Bertz CT molecular complexity index is 1380. The standard InChI is InChI=1S/C29H34N4O3.3ClH/c30-14-3-4-15-31-16-7-17-32-20-28(35)33-19-22-10-6-13-25-26(34)18-27(36-29(22)25)24-12-5-9-21-8-1-2-11-23(21)24;;;/h1-2,5-6,8-13,18,31-32H,3-4,7,14-17,19-20,30H2,(H,33,35);3*1H. The molecule has 212 valence electrons. The van der Waals surface area contributed by atoms with Crippen LogP contribution in [0.5, 0.6) is 0 Å². The van der Waals surface area contributed by atoms with E-state index in [9.17, 15) is 9.59 Å². The summed E-state index contributed by atoms with van der Waals surface area (Å²) < 4.78 is 6.28. The summed E-state index contributed by atoms with van der Waals surface area (Å²) in [5.74, 6) is 0.414. The maximum atomic E-state index is 12.9. The van der Waals surface area contributed by atoms with Gasteiger partial charge in [0.1, 0.15) is 11.3 Å². The van der Waals surface area contributed by atoms with Gasteiger partial charge in [0.05, 0.1) is 11.9 Å². The van der Waals surface area contributed by atoms with Gasteiger partial charge in [0, 0.05) is 23.7 Å². The fourth-order valence-corrected chi connectivity index (χ4v) is 4.26. The quantitative estimate of drug-likeness (QED) is 0.165. The van der Waals surface area contributed by atoms with Gasteiger partial charge < -0.3 is 26.1 Å². The normalized spacial score (nSPS) is 10.4. The highest BCUT2D eigenvalue weighted by Gasteiger charge is 2.13. The largest absolute Gasteiger partial charge is 0.455 e. The molecule has 7 nitrogen and oxygen atoms in total. The van der Waals surface area contributed by atoms with E-state index in [-0.39, 0.29) is 61.6 Å². The van der Waals surface area contributed by atoms with Crippen molar-refractivity contribution in [1.82, 2.24) is 16.0 Å². The predicted molar refractivity (Wildman–Crippen MR) is 168 cm³/mol. The van der Waals surface area contributed by atoms with Crippen molar-refractivity contribution in [3.63, 3.8) is 0 Å². The molecule has 0 spiro atoms. The number of rotatable bonds is 13. The molecule has 0 unspecified atom stereocenters. The molecule has 0 bridgehead atoms. The summed E-state index contributed by atoms with van der Waals surface area (Å²) in [6.45, 7) is 3.89. The van der Waals surface area contributed by atoms with Gasteiger partial charge in [-0.05, 0) is 62.3 Å². The molecule has 10 heteroatoms. The molecule has 4 aromatic rings. The Kier molecular flexibility index (Phi) is 15.7. The van der Waals surface area contributed by atoms with Crippen LogP contribution in [0.1, 0.15) is 24.8 Å². The van der Waals surface area contributed by atoms with Crippen LogP contribution >= 0.6 is 37.2 Å². The minimum absolute atomic E-state index is 0. The monoisotopic (exact) mass is 594 g/mol. The highest BCUT2D eigenvalue weighted by molar-refractivity contribution is 5.96. The summed E-state index contributed by atoms with van der Waals surface area (Å²) in [6, 6.07) is 21.0. The van der Waals surface area contributed by atoms with Crippen LogP contribution in [-0.2, 0) is 11.3 Å². The van der Waals surface area contributed by atoms with Gasteiger partial charge in [0.25, 0.3) is 0 Å². The lowest BCUT2D eigenvalue weighted by molar-refractivity contribution is -0.120. The van der Waals surface area contributed by atoms with Crippen molar-refractivity contribution in [3.8, 4) is 11.3 Å². The fourth-order valence-electron chi connectivity index (χ4n) is 4.26. The van der Waals surface area contributed by atoms with E-state index in [1.807, 2.05) is 54.6 Å². The molecule has 0 saturated carbocycles. The third-order valence-corrected chi connectivity index (χ3v) is 6.17. The summed E-state index contributed by atoms with van der Waals surface area (Å²) in [7, 11) is 0. The minimum Gasteiger partial charge on any atom is -0.455 e. The SMILES string of the molecule is Cl.Cl.Cl.NCCCCNCCCNCC(=O)NCc1cccc2c(=O)cc(-c3cccc4ccccc34)oc12. The van der Waals surface area contributed by atoms with Gasteiger partial charge in [-0.15, -0.1) is 37.2 Å². The number of nitrogens with two attached hydrogens (primary N) is 1. The topological polar surface area (TPSA) is 109 Å². The van der Waals surface area contributed by atoms with E-state index in [0.29, 0.717) is 16.7 Å². The van der Waals surface area contributed by atoms with E-state index in [0.717, 1.165) is 67.3 Å². The Morgan fingerprint density at radius 2 is 1.49 bits per heavy atom. The lowest BCUT2D eigenvalue weighted by Gasteiger charge is -2.11. The highest BCUT2D eigenvalue weighted by atomic mass is 35.5.